The van der Waals surface area contributed by atoms with Crippen LogP contribution in [0.15, 0.2) is 11.0 Å². The third-order valence-corrected chi connectivity index (χ3v) is 3.66. The van der Waals surface area contributed by atoms with E-state index in [1.165, 1.54) is 0 Å². The summed E-state index contributed by atoms with van der Waals surface area (Å²) in [6.07, 6.45) is 0.178. The van der Waals surface area contributed by atoms with Crippen LogP contribution in [-0.2, 0) is 16.5 Å². The maximum Gasteiger partial charge on any atom is 0.343 e. The van der Waals surface area contributed by atoms with Gasteiger partial charge in [-0.2, -0.15) is 8.42 Å². The van der Waals surface area contributed by atoms with Gasteiger partial charge in [0.25, 0.3) is 10.1 Å². The Hall–Kier alpha value is -1.80. The summed E-state index contributed by atoms with van der Waals surface area (Å²) in [6, 6.07) is 1.02. The van der Waals surface area contributed by atoms with Gasteiger partial charge in [0.2, 0.25) is 0 Å². The average Bonchev–Trinajstić information content (AvgIpc) is 2.37. The topological polar surface area (TPSA) is 110 Å². The van der Waals surface area contributed by atoms with Gasteiger partial charge in [-0.15, -0.1) is 0 Å². The Bertz CT molecular complexity index is 634. The van der Waals surface area contributed by atoms with Crippen molar-refractivity contribution >= 4 is 16.1 Å². The van der Waals surface area contributed by atoms with Crippen LogP contribution >= 0.6 is 0 Å². The number of benzene rings is 1. The normalized spacial score (nSPS) is 11.2. The lowest BCUT2D eigenvalue weighted by molar-refractivity contribution is 0.0687. The molecule has 0 saturated heterocycles. The lowest BCUT2D eigenvalue weighted by Crippen LogP contribution is -2.13. The van der Waals surface area contributed by atoms with Gasteiger partial charge in [0, 0.05) is 11.6 Å². The van der Waals surface area contributed by atoms with Crippen molar-refractivity contribution in [2.75, 3.05) is 13.2 Å². The monoisotopic (exact) mass is 318 g/mol. The summed E-state index contributed by atoms with van der Waals surface area (Å²) in [5.41, 5.74) is -0.136. The molecule has 0 aliphatic carbocycles. The highest BCUT2D eigenvalue weighted by molar-refractivity contribution is 7.85. The van der Waals surface area contributed by atoms with E-state index in [9.17, 15) is 22.9 Å². The minimum Gasteiger partial charge on any atom is -0.493 e. The summed E-state index contributed by atoms with van der Waals surface area (Å²) >= 11 is 0. The first-order valence-electron chi connectivity index (χ1n) is 6.44. The molecule has 0 spiro atoms. The molecule has 1 rings (SSSR count). The molecular weight excluding hydrogens is 300 g/mol. The minimum atomic E-state index is -4.52. The molecule has 118 valence electrons. The van der Waals surface area contributed by atoms with Crippen LogP contribution in [0.1, 0.15) is 36.7 Å². The quantitative estimate of drug-likeness (QED) is 0.740. The van der Waals surface area contributed by atoms with Crippen molar-refractivity contribution in [2.45, 2.75) is 32.1 Å². The molecular formula is C13H18O7S. The lowest BCUT2D eigenvalue weighted by atomic mass is 10.0. The molecule has 0 fully saturated rings. The standard InChI is InChI=1S/C13H18O7S/c1-4-8-10(21(16,17)18)7-9(19-5-2)11(13(14)15)12(8)20-6-3/h7H,4-6H2,1-3H3,(H,14,15)(H,16,17,18). The van der Waals surface area contributed by atoms with Crippen LogP contribution in [0.25, 0.3) is 0 Å². The molecule has 0 aromatic heterocycles. The molecule has 8 heteroatoms. The van der Waals surface area contributed by atoms with E-state index in [1.54, 1.807) is 20.8 Å². The average molecular weight is 318 g/mol. The second-order valence-corrected chi connectivity index (χ2v) is 5.45. The summed E-state index contributed by atoms with van der Waals surface area (Å²) in [4.78, 5) is 11.0. The smallest absolute Gasteiger partial charge is 0.343 e. The lowest BCUT2D eigenvalue weighted by Gasteiger charge is -2.18. The van der Waals surface area contributed by atoms with E-state index in [0.29, 0.717) is 0 Å². The number of carboxylic acid groups (broad SMARTS) is 1. The van der Waals surface area contributed by atoms with E-state index in [4.69, 9.17) is 9.47 Å². The zero-order valence-corrected chi connectivity index (χ0v) is 12.9. The zero-order chi connectivity index (χ0) is 16.2. The van der Waals surface area contributed by atoms with Crippen LogP contribution in [0.4, 0.5) is 0 Å². The van der Waals surface area contributed by atoms with Gasteiger partial charge in [-0.3, -0.25) is 4.55 Å². The molecule has 21 heavy (non-hydrogen) atoms. The Morgan fingerprint density at radius 1 is 1.19 bits per heavy atom. The molecule has 0 unspecified atom stereocenters. The van der Waals surface area contributed by atoms with Crippen LogP contribution in [0, 0.1) is 0 Å². The minimum absolute atomic E-state index is 0.0916. The molecule has 0 saturated carbocycles. The van der Waals surface area contributed by atoms with E-state index in [1.807, 2.05) is 0 Å². The summed E-state index contributed by atoms with van der Waals surface area (Å²) in [7, 11) is -4.52. The van der Waals surface area contributed by atoms with E-state index < -0.39 is 21.0 Å². The maximum absolute atomic E-state index is 11.5. The molecule has 2 N–H and O–H groups in total. The highest BCUT2D eigenvalue weighted by Gasteiger charge is 2.28. The van der Waals surface area contributed by atoms with Crippen LogP contribution in [0.3, 0.4) is 0 Å². The fourth-order valence-electron chi connectivity index (χ4n) is 1.99. The first-order valence-corrected chi connectivity index (χ1v) is 7.88. The predicted octanol–water partition coefficient (Wildman–Crippen LogP) is 1.99. The van der Waals surface area contributed by atoms with Crippen molar-refractivity contribution in [1.29, 1.82) is 0 Å². The van der Waals surface area contributed by atoms with Gasteiger partial charge in [-0.25, -0.2) is 4.79 Å². The van der Waals surface area contributed by atoms with Gasteiger partial charge in [0.15, 0.2) is 0 Å². The van der Waals surface area contributed by atoms with Crippen molar-refractivity contribution in [1.82, 2.24) is 0 Å². The van der Waals surface area contributed by atoms with Crippen LogP contribution in [-0.4, -0.2) is 37.3 Å². The van der Waals surface area contributed by atoms with E-state index in [2.05, 4.69) is 0 Å². The fourth-order valence-corrected chi connectivity index (χ4v) is 2.80. The van der Waals surface area contributed by atoms with Crippen molar-refractivity contribution in [3.05, 3.63) is 17.2 Å². The highest BCUT2D eigenvalue weighted by Crippen LogP contribution is 2.38. The Morgan fingerprint density at radius 3 is 2.14 bits per heavy atom. The predicted molar refractivity (Wildman–Crippen MR) is 74.9 cm³/mol. The van der Waals surface area contributed by atoms with Gasteiger partial charge in [0.1, 0.15) is 22.0 Å². The molecule has 7 nitrogen and oxygen atoms in total. The maximum atomic E-state index is 11.5. The Kier molecular flexibility index (Phi) is 5.56. The molecule has 1 aromatic carbocycles. The van der Waals surface area contributed by atoms with Crippen molar-refractivity contribution in [2.24, 2.45) is 0 Å². The third kappa shape index (κ3) is 3.64. The molecule has 0 heterocycles. The van der Waals surface area contributed by atoms with Crippen LogP contribution < -0.4 is 9.47 Å². The Labute approximate surface area is 123 Å². The number of carboxylic acids is 1. The largest absolute Gasteiger partial charge is 0.493 e. The number of aromatic carboxylic acids is 1. The fraction of sp³-hybridized carbons (Fsp3) is 0.462. The summed E-state index contributed by atoms with van der Waals surface area (Å²) in [5.74, 6) is -1.54. The van der Waals surface area contributed by atoms with Gasteiger partial charge in [-0.1, -0.05) is 6.92 Å². The number of ether oxygens (including phenoxy) is 2. The Balaban J connectivity index is 3.83. The van der Waals surface area contributed by atoms with E-state index >= 15 is 0 Å². The van der Waals surface area contributed by atoms with E-state index in [0.717, 1.165) is 6.07 Å². The van der Waals surface area contributed by atoms with Crippen molar-refractivity contribution in [3.8, 4) is 11.5 Å². The van der Waals surface area contributed by atoms with Gasteiger partial charge in [0.05, 0.1) is 13.2 Å². The second-order valence-electron chi connectivity index (χ2n) is 4.06. The SMILES string of the molecule is CCOc1cc(S(=O)(=O)O)c(CC)c(OCC)c1C(=O)O. The summed E-state index contributed by atoms with van der Waals surface area (Å²) in [5, 5.41) is 9.34. The molecule has 0 radical (unpaired) electrons. The molecule has 0 aliphatic rings. The third-order valence-electron chi connectivity index (χ3n) is 2.74. The van der Waals surface area contributed by atoms with Crippen LogP contribution in [0.2, 0.25) is 0 Å². The first-order chi connectivity index (χ1) is 9.77. The summed E-state index contributed by atoms with van der Waals surface area (Å²) in [6.45, 7) is 5.20. The second kappa shape index (κ2) is 6.77. The van der Waals surface area contributed by atoms with E-state index in [-0.39, 0.29) is 42.3 Å². The number of carbonyl (C=O) groups is 1. The van der Waals surface area contributed by atoms with Gasteiger partial charge >= 0.3 is 5.97 Å². The highest BCUT2D eigenvalue weighted by atomic mass is 32.2. The molecule has 0 atom stereocenters. The molecule has 0 bridgehead atoms. The van der Waals surface area contributed by atoms with Gasteiger partial charge < -0.3 is 14.6 Å². The van der Waals surface area contributed by atoms with Gasteiger partial charge in [-0.05, 0) is 20.3 Å². The number of rotatable bonds is 7. The summed E-state index contributed by atoms with van der Waals surface area (Å²) < 4.78 is 42.8. The van der Waals surface area contributed by atoms with Crippen LogP contribution in [0.5, 0.6) is 11.5 Å². The number of hydrogen-bond acceptors (Lipinski definition) is 5. The van der Waals surface area contributed by atoms with Crippen molar-refractivity contribution in [3.63, 3.8) is 0 Å². The molecule has 1 aromatic rings. The molecule has 0 aliphatic heterocycles. The number of hydrogen-bond donors (Lipinski definition) is 2. The zero-order valence-electron chi connectivity index (χ0n) is 12.0. The first kappa shape index (κ1) is 17.3. The van der Waals surface area contributed by atoms with Crippen molar-refractivity contribution < 1.29 is 32.3 Å². The molecule has 0 amide bonds. The Morgan fingerprint density at radius 2 is 1.76 bits per heavy atom.